The Morgan fingerprint density at radius 3 is 2.05 bits per heavy atom. The second kappa shape index (κ2) is 7.80. The quantitative estimate of drug-likeness (QED) is 0.808. The first-order valence-electron chi connectivity index (χ1n) is 8.25. The number of hydrogen-bond acceptors (Lipinski definition) is 2. The molecule has 0 spiro atoms. The summed E-state index contributed by atoms with van der Waals surface area (Å²) in [6.07, 6.45) is 7.55. The summed E-state index contributed by atoms with van der Waals surface area (Å²) in [5.74, 6) is 0. The molecule has 0 aliphatic carbocycles. The van der Waals surface area contributed by atoms with E-state index in [1.165, 1.54) is 44.1 Å². The highest BCUT2D eigenvalue weighted by Crippen LogP contribution is 2.37. The van der Waals surface area contributed by atoms with Crippen LogP contribution < -0.4 is 0 Å². The molecule has 0 amide bonds. The minimum absolute atomic E-state index is 0.173. The number of hydrogen-bond donors (Lipinski definition) is 1. The molecule has 1 N–H and O–H groups in total. The molecule has 1 aliphatic rings. The highest BCUT2D eigenvalue weighted by molar-refractivity contribution is 5.20. The SMILES string of the molecule is CCC[C@@H]1CC[C@@H](CCC)N1[C@H](CO)c1ccccc1. The van der Waals surface area contributed by atoms with Crippen LogP contribution in [-0.2, 0) is 0 Å². The molecule has 1 aromatic rings. The van der Waals surface area contributed by atoms with Crippen LogP contribution >= 0.6 is 0 Å². The van der Waals surface area contributed by atoms with Crippen LogP contribution in [0.2, 0.25) is 0 Å². The number of aliphatic hydroxyl groups is 1. The molecular formula is C18H29NO. The van der Waals surface area contributed by atoms with Gasteiger partial charge in [0.05, 0.1) is 12.6 Å². The van der Waals surface area contributed by atoms with Gasteiger partial charge in [0.25, 0.3) is 0 Å². The van der Waals surface area contributed by atoms with Crippen LogP contribution in [0.15, 0.2) is 30.3 Å². The largest absolute Gasteiger partial charge is 0.394 e. The zero-order valence-corrected chi connectivity index (χ0v) is 13.0. The van der Waals surface area contributed by atoms with Gasteiger partial charge in [-0.15, -0.1) is 0 Å². The molecule has 3 atom stereocenters. The molecule has 2 nitrogen and oxygen atoms in total. The molecule has 0 aromatic heterocycles. The summed E-state index contributed by atoms with van der Waals surface area (Å²) in [4.78, 5) is 2.63. The zero-order chi connectivity index (χ0) is 14.4. The van der Waals surface area contributed by atoms with Crippen LogP contribution in [-0.4, -0.2) is 28.7 Å². The normalized spacial score (nSPS) is 24.9. The predicted octanol–water partition coefficient (Wildman–Crippen LogP) is 4.15. The predicted molar refractivity (Wildman–Crippen MR) is 84.7 cm³/mol. The third-order valence-electron chi connectivity index (χ3n) is 4.64. The van der Waals surface area contributed by atoms with E-state index in [4.69, 9.17) is 0 Å². The Kier molecular flexibility index (Phi) is 6.06. The maximum atomic E-state index is 9.97. The zero-order valence-electron chi connectivity index (χ0n) is 13.0. The molecule has 1 fully saturated rings. The highest BCUT2D eigenvalue weighted by Gasteiger charge is 2.37. The third-order valence-corrected chi connectivity index (χ3v) is 4.64. The Labute approximate surface area is 123 Å². The monoisotopic (exact) mass is 275 g/mol. The maximum absolute atomic E-state index is 9.97. The van der Waals surface area contributed by atoms with E-state index in [0.29, 0.717) is 12.1 Å². The summed E-state index contributed by atoms with van der Waals surface area (Å²) in [5.41, 5.74) is 1.26. The van der Waals surface area contributed by atoms with Gasteiger partial charge in [0.15, 0.2) is 0 Å². The Balaban J connectivity index is 2.22. The van der Waals surface area contributed by atoms with Gasteiger partial charge in [-0.1, -0.05) is 57.0 Å². The molecule has 0 radical (unpaired) electrons. The fourth-order valence-electron chi connectivity index (χ4n) is 3.79. The lowest BCUT2D eigenvalue weighted by Crippen LogP contribution is -2.40. The number of likely N-dealkylation sites (tertiary alicyclic amines) is 1. The molecule has 1 heterocycles. The van der Waals surface area contributed by atoms with E-state index < -0.39 is 0 Å². The van der Waals surface area contributed by atoms with Crippen LogP contribution in [0.3, 0.4) is 0 Å². The molecule has 0 unspecified atom stereocenters. The highest BCUT2D eigenvalue weighted by atomic mass is 16.3. The van der Waals surface area contributed by atoms with Gasteiger partial charge >= 0.3 is 0 Å². The maximum Gasteiger partial charge on any atom is 0.0628 e. The van der Waals surface area contributed by atoms with Gasteiger partial charge in [-0.25, -0.2) is 0 Å². The summed E-state index contributed by atoms with van der Waals surface area (Å²) in [5, 5.41) is 9.97. The van der Waals surface area contributed by atoms with Crippen molar-refractivity contribution in [2.75, 3.05) is 6.61 Å². The van der Waals surface area contributed by atoms with Crippen LogP contribution in [0.5, 0.6) is 0 Å². The third kappa shape index (κ3) is 3.42. The van der Waals surface area contributed by atoms with Crippen LogP contribution in [0.25, 0.3) is 0 Å². The van der Waals surface area contributed by atoms with Crippen molar-refractivity contribution >= 4 is 0 Å². The van der Waals surface area contributed by atoms with Gasteiger partial charge in [-0.2, -0.15) is 0 Å². The Hall–Kier alpha value is -0.860. The minimum atomic E-state index is 0.173. The molecule has 1 saturated heterocycles. The number of rotatable bonds is 7. The van der Waals surface area contributed by atoms with E-state index >= 15 is 0 Å². The molecule has 112 valence electrons. The van der Waals surface area contributed by atoms with E-state index in [9.17, 15) is 5.11 Å². The van der Waals surface area contributed by atoms with E-state index in [0.717, 1.165) is 0 Å². The Morgan fingerprint density at radius 2 is 1.60 bits per heavy atom. The Morgan fingerprint density at radius 1 is 1.05 bits per heavy atom. The first kappa shape index (κ1) is 15.5. The summed E-state index contributed by atoms with van der Waals surface area (Å²) in [6.45, 7) is 4.76. The topological polar surface area (TPSA) is 23.5 Å². The van der Waals surface area contributed by atoms with Gasteiger partial charge in [0.2, 0.25) is 0 Å². The number of benzene rings is 1. The molecule has 2 rings (SSSR count). The number of nitrogens with zero attached hydrogens (tertiary/aromatic N) is 1. The number of aliphatic hydroxyl groups excluding tert-OH is 1. The summed E-state index contributed by atoms with van der Waals surface area (Å²) >= 11 is 0. The van der Waals surface area contributed by atoms with Gasteiger partial charge < -0.3 is 5.11 Å². The molecule has 20 heavy (non-hydrogen) atoms. The van der Waals surface area contributed by atoms with Crippen LogP contribution in [0, 0.1) is 0 Å². The van der Waals surface area contributed by atoms with Gasteiger partial charge in [-0.3, -0.25) is 4.90 Å². The average molecular weight is 275 g/mol. The Bertz CT molecular complexity index is 364. The fourth-order valence-corrected chi connectivity index (χ4v) is 3.79. The van der Waals surface area contributed by atoms with Crippen molar-refractivity contribution in [1.82, 2.24) is 4.90 Å². The van der Waals surface area contributed by atoms with Crippen molar-refractivity contribution in [3.05, 3.63) is 35.9 Å². The fraction of sp³-hybridized carbons (Fsp3) is 0.667. The van der Waals surface area contributed by atoms with Crippen LogP contribution in [0.1, 0.15) is 64.0 Å². The minimum Gasteiger partial charge on any atom is -0.394 e. The van der Waals surface area contributed by atoms with Gasteiger partial charge in [-0.05, 0) is 31.2 Å². The second-order valence-corrected chi connectivity index (χ2v) is 6.02. The van der Waals surface area contributed by atoms with Gasteiger partial charge in [0, 0.05) is 12.1 Å². The van der Waals surface area contributed by atoms with E-state index in [2.05, 4.69) is 49.1 Å². The molecule has 0 saturated carbocycles. The lowest BCUT2D eigenvalue weighted by molar-refractivity contribution is 0.0699. The summed E-state index contributed by atoms with van der Waals surface area (Å²) in [6, 6.07) is 12.0. The summed E-state index contributed by atoms with van der Waals surface area (Å²) in [7, 11) is 0. The van der Waals surface area contributed by atoms with Crippen molar-refractivity contribution in [3.63, 3.8) is 0 Å². The van der Waals surface area contributed by atoms with Crippen molar-refractivity contribution in [2.24, 2.45) is 0 Å². The molecule has 1 aromatic carbocycles. The lowest BCUT2D eigenvalue weighted by atomic mass is 10.0. The van der Waals surface area contributed by atoms with Gasteiger partial charge in [0.1, 0.15) is 0 Å². The molecule has 0 bridgehead atoms. The first-order valence-corrected chi connectivity index (χ1v) is 8.25. The summed E-state index contributed by atoms with van der Waals surface area (Å²) < 4.78 is 0. The van der Waals surface area contributed by atoms with E-state index in [1.54, 1.807) is 0 Å². The lowest BCUT2D eigenvalue weighted by Gasteiger charge is -2.37. The molecule has 1 aliphatic heterocycles. The van der Waals surface area contributed by atoms with Crippen molar-refractivity contribution in [3.8, 4) is 0 Å². The van der Waals surface area contributed by atoms with E-state index in [1.807, 2.05) is 0 Å². The first-order chi connectivity index (χ1) is 9.81. The van der Waals surface area contributed by atoms with Crippen molar-refractivity contribution in [2.45, 2.75) is 70.5 Å². The van der Waals surface area contributed by atoms with Crippen molar-refractivity contribution < 1.29 is 5.11 Å². The standard InChI is InChI=1S/C18H29NO/c1-3-8-16-12-13-17(9-4-2)19(16)18(14-20)15-10-6-5-7-11-15/h5-7,10-11,16-18,20H,3-4,8-9,12-14H2,1-2H3/t16-,17-,18-/m1/s1. The van der Waals surface area contributed by atoms with Crippen molar-refractivity contribution in [1.29, 1.82) is 0 Å². The van der Waals surface area contributed by atoms with Crippen LogP contribution in [0.4, 0.5) is 0 Å². The smallest absolute Gasteiger partial charge is 0.0628 e. The molecule has 2 heteroatoms. The molecular weight excluding hydrogens is 246 g/mol. The average Bonchev–Trinajstić information content (AvgIpc) is 2.85. The van der Waals surface area contributed by atoms with E-state index in [-0.39, 0.29) is 12.6 Å². The second-order valence-electron chi connectivity index (χ2n) is 6.02.